The molecule has 0 radical (unpaired) electrons. The average molecular weight is 403 g/mol. The predicted molar refractivity (Wildman–Crippen MR) is 98.4 cm³/mol. The minimum Gasteiger partial charge on any atom is -0.482 e. The highest BCUT2D eigenvalue weighted by atomic mass is 32.2. The first-order valence-electron chi connectivity index (χ1n) is 8.58. The zero-order valence-corrected chi connectivity index (χ0v) is 15.7. The third-order valence-electron chi connectivity index (χ3n) is 4.40. The van der Waals surface area contributed by atoms with Crippen molar-refractivity contribution in [1.82, 2.24) is 9.21 Å². The van der Waals surface area contributed by atoms with Crippen molar-refractivity contribution in [2.45, 2.75) is 4.90 Å². The molecular weight excluding hydrogens is 385 g/mol. The molecule has 0 aliphatic carbocycles. The van der Waals surface area contributed by atoms with Gasteiger partial charge in [0.1, 0.15) is 22.5 Å². The summed E-state index contributed by atoms with van der Waals surface area (Å²) in [7, 11) is -3.95. The Morgan fingerprint density at radius 3 is 2.39 bits per heavy atom. The highest BCUT2D eigenvalue weighted by Gasteiger charge is 2.31. The van der Waals surface area contributed by atoms with Crippen LogP contribution in [0, 0.1) is 17.1 Å². The summed E-state index contributed by atoms with van der Waals surface area (Å²) in [6, 6.07) is 13.8. The molecule has 1 amide bonds. The molecular formula is C19H18FN3O4S. The molecule has 146 valence electrons. The second-order valence-electron chi connectivity index (χ2n) is 6.11. The number of carbonyl (C=O) groups is 1. The minimum atomic E-state index is -3.95. The molecule has 2 aromatic carbocycles. The van der Waals surface area contributed by atoms with Gasteiger partial charge in [0.2, 0.25) is 10.0 Å². The van der Waals surface area contributed by atoms with Crippen LogP contribution >= 0.6 is 0 Å². The van der Waals surface area contributed by atoms with Crippen molar-refractivity contribution in [3.8, 4) is 11.8 Å². The van der Waals surface area contributed by atoms with Crippen molar-refractivity contribution in [3.05, 3.63) is 59.9 Å². The molecule has 2 aromatic rings. The van der Waals surface area contributed by atoms with Crippen LogP contribution in [0.2, 0.25) is 0 Å². The molecule has 1 aliphatic rings. The number of piperazine rings is 1. The van der Waals surface area contributed by atoms with E-state index >= 15 is 0 Å². The van der Waals surface area contributed by atoms with E-state index in [1.807, 2.05) is 6.07 Å². The van der Waals surface area contributed by atoms with Gasteiger partial charge in [-0.3, -0.25) is 4.79 Å². The van der Waals surface area contributed by atoms with Crippen molar-refractivity contribution in [2.75, 3.05) is 32.8 Å². The minimum absolute atomic E-state index is 0.0667. The van der Waals surface area contributed by atoms with Crippen LogP contribution in [0.15, 0.2) is 53.4 Å². The summed E-state index contributed by atoms with van der Waals surface area (Å²) in [5, 5.41) is 9.04. The number of ether oxygens (including phenoxy) is 1. The Kier molecular flexibility index (Phi) is 5.92. The number of amides is 1. The van der Waals surface area contributed by atoms with Crippen LogP contribution in [-0.2, 0) is 14.8 Å². The SMILES string of the molecule is N#Cc1ccccc1OCC(=O)N1CCN(S(=O)(=O)c2ccccc2F)CC1. The number of sulfonamides is 1. The third kappa shape index (κ3) is 4.13. The van der Waals surface area contributed by atoms with Gasteiger partial charge in [0.15, 0.2) is 6.61 Å². The third-order valence-corrected chi connectivity index (χ3v) is 6.34. The van der Waals surface area contributed by atoms with Gasteiger partial charge in [-0.25, -0.2) is 12.8 Å². The van der Waals surface area contributed by atoms with Gasteiger partial charge < -0.3 is 9.64 Å². The van der Waals surface area contributed by atoms with Crippen molar-refractivity contribution in [3.63, 3.8) is 0 Å². The first kappa shape index (κ1) is 19.8. The van der Waals surface area contributed by atoms with Crippen molar-refractivity contribution in [2.24, 2.45) is 0 Å². The van der Waals surface area contributed by atoms with Crippen LogP contribution in [0.3, 0.4) is 0 Å². The number of nitrogens with zero attached hydrogens (tertiary/aromatic N) is 3. The van der Waals surface area contributed by atoms with Crippen LogP contribution < -0.4 is 4.74 Å². The summed E-state index contributed by atoms with van der Waals surface area (Å²) < 4.78 is 45.6. The maximum absolute atomic E-state index is 13.9. The van der Waals surface area contributed by atoms with E-state index in [-0.39, 0.29) is 43.6 Å². The maximum atomic E-state index is 13.9. The largest absolute Gasteiger partial charge is 0.482 e. The zero-order valence-electron chi connectivity index (χ0n) is 14.9. The Labute approximate surface area is 162 Å². The van der Waals surface area contributed by atoms with E-state index in [0.29, 0.717) is 11.3 Å². The summed E-state index contributed by atoms with van der Waals surface area (Å²) in [4.78, 5) is 13.5. The van der Waals surface area contributed by atoms with E-state index in [2.05, 4.69) is 0 Å². The van der Waals surface area contributed by atoms with Crippen molar-refractivity contribution < 1.29 is 22.3 Å². The Bertz CT molecular complexity index is 1010. The summed E-state index contributed by atoms with van der Waals surface area (Å²) in [6.07, 6.45) is 0. The second-order valence-corrected chi connectivity index (χ2v) is 8.02. The molecule has 1 fully saturated rings. The van der Waals surface area contributed by atoms with E-state index in [1.165, 1.54) is 27.4 Å². The monoisotopic (exact) mass is 403 g/mol. The molecule has 1 saturated heterocycles. The molecule has 0 bridgehead atoms. The number of hydrogen-bond donors (Lipinski definition) is 0. The lowest BCUT2D eigenvalue weighted by atomic mass is 10.2. The first-order valence-corrected chi connectivity index (χ1v) is 10.0. The molecule has 7 nitrogen and oxygen atoms in total. The van der Waals surface area contributed by atoms with E-state index in [1.54, 1.807) is 24.3 Å². The van der Waals surface area contributed by atoms with Crippen molar-refractivity contribution in [1.29, 1.82) is 5.26 Å². The zero-order chi connectivity index (χ0) is 20.1. The molecule has 0 atom stereocenters. The highest BCUT2D eigenvalue weighted by molar-refractivity contribution is 7.89. The Hall–Kier alpha value is -2.96. The predicted octanol–water partition coefficient (Wildman–Crippen LogP) is 1.61. The quantitative estimate of drug-likeness (QED) is 0.757. The van der Waals surface area contributed by atoms with Gasteiger partial charge >= 0.3 is 0 Å². The molecule has 9 heteroatoms. The van der Waals surface area contributed by atoms with Crippen LogP contribution in [-0.4, -0.2) is 56.3 Å². The summed E-state index contributed by atoms with van der Waals surface area (Å²) in [5.74, 6) is -0.791. The fourth-order valence-electron chi connectivity index (χ4n) is 2.89. The van der Waals surface area contributed by atoms with Crippen LogP contribution in [0.4, 0.5) is 4.39 Å². The molecule has 0 unspecified atom stereocenters. The standard InChI is InChI=1S/C19H18FN3O4S/c20-16-6-2-4-8-18(16)28(25,26)23-11-9-22(10-12-23)19(24)14-27-17-7-3-1-5-15(17)13-21/h1-8H,9-12,14H2. The van der Waals surface area contributed by atoms with Gasteiger partial charge in [-0.1, -0.05) is 24.3 Å². The number of benzene rings is 2. The van der Waals surface area contributed by atoms with Gasteiger partial charge in [0, 0.05) is 26.2 Å². The Morgan fingerprint density at radius 1 is 1.07 bits per heavy atom. The lowest BCUT2D eigenvalue weighted by Gasteiger charge is -2.34. The molecule has 1 aliphatic heterocycles. The van der Waals surface area contributed by atoms with Crippen LogP contribution in [0.25, 0.3) is 0 Å². The average Bonchev–Trinajstić information content (AvgIpc) is 2.72. The number of nitriles is 1. The Balaban J connectivity index is 1.58. The van der Waals surface area contributed by atoms with Gasteiger partial charge in [-0.2, -0.15) is 9.57 Å². The number of rotatable bonds is 5. The normalized spacial score (nSPS) is 15.1. The van der Waals surface area contributed by atoms with Gasteiger partial charge in [-0.05, 0) is 24.3 Å². The van der Waals surface area contributed by atoms with Crippen LogP contribution in [0.1, 0.15) is 5.56 Å². The van der Waals surface area contributed by atoms with Gasteiger partial charge in [-0.15, -0.1) is 0 Å². The molecule has 3 rings (SSSR count). The van der Waals surface area contributed by atoms with Crippen LogP contribution in [0.5, 0.6) is 5.75 Å². The van der Waals surface area contributed by atoms with Gasteiger partial charge in [0.25, 0.3) is 5.91 Å². The molecule has 0 saturated carbocycles. The van der Waals surface area contributed by atoms with E-state index in [4.69, 9.17) is 10.00 Å². The first-order chi connectivity index (χ1) is 13.4. The number of carbonyl (C=O) groups excluding carboxylic acids is 1. The lowest BCUT2D eigenvalue weighted by Crippen LogP contribution is -2.51. The molecule has 0 aromatic heterocycles. The number of hydrogen-bond acceptors (Lipinski definition) is 5. The summed E-state index contributed by atoms with van der Waals surface area (Å²) in [6.45, 7) is 0.235. The topological polar surface area (TPSA) is 90.7 Å². The number of para-hydroxylation sites is 1. The van der Waals surface area contributed by atoms with Crippen molar-refractivity contribution >= 4 is 15.9 Å². The fourth-order valence-corrected chi connectivity index (χ4v) is 4.37. The summed E-state index contributed by atoms with van der Waals surface area (Å²) in [5.41, 5.74) is 0.330. The van der Waals surface area contributed by atoms with E-state index in [0.717, 1.165) is 6.07 Å². The molecule has 0 N–H and O–H groups in total. The maximum Gasteiger partial charge on any atom is 0.260 e. The second kappa shape index (κ2) is 8.37. The summed E-state index contributed by atoms with van der Waals surface area (Å²) >= 11 is 0. The molecule has 0 spiro atoms. The molecule has 28 heavy (non-hydrogen) atoms. The lowest BCUT2D eigenvalue weighted by molar-refractivity contribution is -0.134. The number of halogens is 1. The highest BCUT2D eigenvalue weighted by Crippen LogP contribution is 2.21. The van der Waals surface area contributed by atoms with E-state index in [9.17, 15) is 17.6 Å². The van der Waals surface area contributed by atoms with E-state index < -0.39 is 15.8 Å². The van der Waals surface area contributed by atoms with Gasteiger partial charge in [0.05, 0.1) is 5.56 Å². The molecule has 1 heterocycles. The smallest absolute Gasteiger partial charge is 0.260 e. The fraction of sp³-hybridized carbons (Fsp3) is 0.263. The Morgan fingerprint density at radius 2 is 1.71 bits per heavy atom.